The number of nitrogens with zero attached hydrogens (tertiary/aromatic N) is 1. The Morgan fingerprint density at radius 3 is 2.28 bits per heavy atom. The van der Waals surface area contributed by atoms with Gasteiger partial charge in [-0.2, -0.15) is 12.8 Å². The number of hydrogen-bond donors (Lipinski definition) is 1. The minimum Gasteiger partial charge on any atom is -0.352 e. The fraction of sp³-hybridized carbons (Fsp3) is 0.0833. The van der Waals surface area contributed by atoms with Gasteiger partial charge < -0.3 is 5.32 Å². The van der Waals surface area contributed by atoms with Gasteiger partial charge in [-0.3, -0.25) is 4.79 Å². The molecule has 1 aliphatic carbocycles. The number of carbonyl (C=O) groups excluding carboxylic acids is 1. The quantitative estimate of drug-likeness (QED) is 0.493. The van der Waals surface area contributed by atoms with Crippen LogP contribution in [0.3, 0.4) is 0 Å². The summed E-state index contributed by atoms with van der Waals surface area (Å²) in [6, 6.07) is 16.7. The molecule has 3 aromatic carbocycles. The molecule has 3 aromatic rings. The summed E-state index contributed by atoms with van der Waals surface area (Å²) in [6.45, 7) is 3.62. The van der Waals surface area contributed by atoms with Crippen molar-refractivity contribution in [3.05, 3.63) is 105 Å². The smallest absolute Gasteiger partial charge is 0.283 e. The normalized spacial score (nSPS) is 14.8. The van der Waals surface area contributed by atoms with E-state index in [9.17, 15) is 13.2 Å². The SMILES string of the molecule is Cc1ccc(S(=O)(=O)N=C2C=C(Nc3ccc(Cl)c(Cl)c3)C(=O)c3ccccc32)c(C)c1. The Morgan fingerprint density at radius 1 is 0.875 bits per heavy atom. The van der Waals surface area contributed by atoms with Crippen LogP contribution in [0.15, 0.2) is 81.7 Å². The summed E-state index contributed by atoms with van der Waals surface area (Å²) in [7, 11) is -4.01. The number of nitrogens with one attached hydrogen (secondary N) is 1. The molecule has 0 unspecified atom stereocenters. The molecule has 162 valence electrons. The fourth-order valence-electron chi connectivity index (χ4n) is 3.49. The molecule has 0 aliphatic heterocycles. The average Bonchev–Trinajstić information content (AvgIpc) is 2.73. The zero-order valence-electron chi connectivity index (χ0n) is 17.2. The molecule has 0 fully saturated rings. The molecule has 0 heterocycles. The Morgan fingerprint density at radius 2 is 1.59 bits per heavy atom. The Hall–Kier alpha value is -2.93. The molecule has 0 amide bonds. The van der Waals surface area contributed by atoms with E-state index in [1.54, 1.807) is 67.6 Å². The number of Topliss-reactive ketones (excluding diaryl/α,β-unsaturated/α-hetero) is 1. The van der Waals surface area contributed by atoms with Crippen LogP contribution in [0.5, 0.6) is 0 Å². The Balaban J connectivity index is 1.83. The van der Waals surface area contributed by atoms with Crippen molar-refractivity contribution >= 4 is 50.4 Å². The molecule has 4 rings (SSSR count). The molecule has 0 spiro atoms. The second-order valence-electron chi connectivity index (χ2n) is 7.41. The molecule has 5 nitrogen and oxygen atoms in total. The van der Waals surface area contributed by atoms with Crippen LogP contribution in [0.2, 0.25) is 10.0 Å². The van der Waals surface area contributed by atoms with Gasteiger partial charge in [0.25, 0.3) is 10.0 Å². The van der Waals surface area contributed by atoms with Crippen LogP contribution in [0.25, 0.3) is 0 Å². The number of fused-ring (bicyclic) bond motifs is 1. The van der Waals surface area contributed by atoms with Gasteiger partial charge in [0.15, 0.2) is 0 Å². The number of sulfonamides is 1. The van der Waals surface area contributed by atoms with Crippen molar-refractivity contribution in [2.24, 2.45) is 4.40 Å². The molecule has 0 saturated heterocycles. The largest absolute Gasteiger partial charge is 0.352 e. The molecule has 1 aliphatic rings. The monoisotopic (exact) mass is 484 g/mol. The predicted molar refractivity (Wildman–Crippen MR) is 129 cm³/mol. The fourth-order valence-corrected chi connectivity index (χ4v) is 5.01. The van der Waals surface area contributed by atoms with Crippen LogP contribution in [0.1, 0.15) is 27.0 Å². The van der Waals surface area contributed by atoms with Gasteiger partial charge in [-0.25, -0.2) is 0 Å². The van der Waals surface area contributed by atoms with Crippen LogP contribution in [0, 0.1) is 13.8 Å². The van der Waals surface area contributed by atoms with E-state index in [1.165, 1.54) is 6.08 Å². The first-order valence-electron chi connectivity index (χ1n) is 9.66. The number of hydrogen-bond acceptors (Lipinski definition) is 4. The van der Waals surface area contributed by atoms with E-state index in [1.807, 2.05) is 6.92 Å². The van der Waals surface area contributed by atoms with Gasteiger partial charge in [-0.1, -0.05) is 65.2 Å². The number of carbonyl (C=O) groups is 1. The van der Waals surface area contributed by atoms with Crippen molar-refractivity contribution in [3.63, 3.8) is 0 Å². The first-order chi connectivity index (χ1) is 15.2. The van der Waals surface area contributed by atoms with Crippen molar-refractivity contribution in [1.82, 2.24) is 0 Å². The lowest BCUT2D eigenvalue weighted by molar-refractivity contribution is 0.103. The van der Waals surface area contributed by atoms with Gasteiger partial charge in [0, 0.05) is 16.8 Å². The first-order valence-corrected chi connectivity index (χ1v) is 11.9. The molecule has 32 heavy (non-hydrogen) atoms. The Bertz CT molecular complexity index is 1430. The van der Waals surface area contributed by atoms with Crippen LogP contribution < -0.4 is 5.32 Å². The van der Waals surface area contributed by atoms with Gasteiger partial charge in [-0.05, 0) is 49.8 Å². The van der Waals surface area contributed by atoms with Crippen LogP contribution in [0.4, 0.5) is 5.69 Å². The summed E-state index contributed by atoms with van der Waals surface area (Å²) in [5.74, 6) is -0.283. The predicted octanol–water partition coefficient (Wildman–Crippen LogP) is 5.98. The third-order valence-electron chi connectivity index (χ3n) is 5.00. The summed E-state index contributed by atoms with van der Waals surface area (Å²) in [5.41, 5.74) is 3.25. The molecule has 1 N–H and O–H groups in total. The number of halogens is 2. The first kappa shape index (κ1) is 22.3. The summed E-state index contributed by atoms with van der Waals surface area (Å²) in [5, 5.41) is 3.72. The minimum absolute atomic E-state index is 0.123. The lowest BCUT2D eigenvalue weighted by Gasteiger charge is -2.19. The molecule has 0 bridgehead atoms. The van der Waals surface area contributed by atoms with E-state index in [2.05, 4.69) is 9.71 Å². The van der Waals surface area contributed by atoms with E-state index in [0.29, 0.717) is 32.4 Å². The van der Waals surface area contributed by atoms with Gasteiger partial charge in [0.2, 0.25) is 5.78 Å². The standard InChI is InChI=1S/C24H18Cl2N2O3S/c1-14-7-10-23(15(2)11-14)32(30,31)28-21-13-22(24(29)18-6-4-3-5-17(18)21)27-16-8-9-19(25)20(26)12-16/h3-13,27H,1-2H3. The summed E-state index contributed by atoms with van der Waals surface area (Å²) in [6.07, 6.45) is 1.44. The van der Waals surface area contributed by atoms with E-state index in [4.69, 9.17) is 23.2 Å². The second kappa shape index (κ2) is 8.54. The molecule has 0 atom stereocenters. The summed E-state index contributed by atoms with van der Waals surface area (Å²) < 4.78 is 30.3. The van der Waals surface area contributed by atoms with E-state index in [0.717, 1.165) is 5.56 Å². The van der Waals surface area contributed by atoms with Crippen LogP contribution in [-0.2, 0) is 10.0 Å². The van der Waals surface area contributed by atoms with Crippen molar-refractivity contribution in [2.45, 2.75) is 18.7 Å². The maximum Gasteiger partial charge on any atom is 0.283 e. The van der Waals surface area contributed by atoms with Crippen molar-refractivity contribution in [1.29, 1.82) is 0 Å². The summed E-state index contributed by atoms with van der Waals surface area (Å²) in [4.78, 5) is 13.2. The van der Waals surface area contributed by atoms with Gasteiger partial charge >= 0.3 is 0 Å². The summed E-state index contributed by atoms with van der Waals surface area (Å²) >= 11 is 12.0. The van der Waals surface area contributed by atoms with E-state index < -0.39 is 10.0 Å². The van der Waals surface area contributed by atoms with Crippen LogP contribution in [-0.4, -0.2) is 19.9 Å². The highest BCUT2D eigenvalue weighted by atomic mass is 35.5. The number of anilines is 1. The highest BCUT2D eigenvalue weighted by molar-refractivity contribution is 7.90. The van der Waals surface area contributed by atoms with Gasteiger partial charge in [0.05, 0.1) is 26.3 Å². The number of rotatable bonds is 4. The average molecular weight is 485 g/mol. The third kappa shape index (κ3) is 4.35. The van der Waals surface area contributed by atoms with Crippen LogP contribution >= 0.6 is 23.2 Å². The van der Waals surface area contributed by atoms with E-state index >= 15 is 0 Å². The molecular weight excluding hydrogens is 467 g/mol. The minimum atomic E-state index is -4.01. The Labute approximate surface area is 196 Å². The topological polar surface area (TPSA) is 75.6 Å². The highest BCUT2D eigenvalue weighted by Gasteiger charge is 2.26. The number of allylic oxidation sites excluding steroid dienone is 2. The van der Waals surface area contributed by atoms with Crippen molar-refractivity contribution < 1.29 is 13.2 Å². The lowest BCUT2D eigenvalue weighted by Crippen LogP contribution is -2.22. The zero-order chi connectivity index (χ0) is 23.0. The lowest BCUT2D eigenvalue weighted by atomic mass is 9.92. The maximum atomic E-state index is 13.1. The molecule has 0 radical (unpaired) electrons. The van der Waals surface area contributed by atoms with Crippen molar-refractivity contribution in [3.8, 4) is 0 Å². The highest BCUT2D eigenvalue weighted by Crippen LogP contribution is 2.29. The molecular formula is C24H18Cl2N2O3S. The number of ketones is 1. The second-order valence-corrected chi connectivity index (χ2v) is 9.79. The van der Waals surface area contributed by atoms with E-state index in [-0.39, 0.29) is 22.1 Å². The van der Waals surface area contributed by atoms with Crippen molar-refractivity contribution in [2.75, 3.05) is 5.32 Å². The van der Waals surface area contributed by atoms with Gasteiger partial charge in [-0.15, -0.1) is 0 Å². The number of benzene rings is 3. The Kier molecular flexibility index (Phi) is 5.95. The molecule has 0 aromatic heterocycles. The van der Waals surface area contributed by atoms with Gasteiger partial charge in [0.1, 0.15) is 0 Å². The molecule has 8 heteroatoms. The molecule has 0 saturated carbocycles. The number of aryl methyl sites for hydroxylation is 2. The zero-order valence-corrected chi connectivity index (χ0v) is 19.5. The third-order valence-corrected chi connectivity index (χ3v) is 7.19. The maximum absolute atomic E-state index is 13.1.